The van der Waals surface area contributed by atoms with Crippen LogP contribution in [0.1, 0.15) is 12.5 Å². The van der Waals surface area contributed by atoms with E-state index in [9.17, 15) is 4.79 Å². The van der Waals surface area contributed by atoms with E-state index in [-0.39, 0.29) is 17.9 Å². The Morgan fingerprint density at radius 2 is 2.06 bits per heavy atom. The van der Waals surface area contributed by atoms with E-state index in [0.717, 1.165) is 11.3 Å². The van der Waals surface area contributed by atoms with E-state index in [1.54, 1.807) is 7.05 Å². The number of nitrogens with zero attached hydrogens (tertiary/aromatic N) is 2. The molecule has 0 fully saturated rings. The van der Waals surface area contributed by atoms with Gasteiger partial charge in [0.2, 0.25) is 0 Å². The molecule has 2 N–H and O–H groups in total. The van der Waals surface area contributed by atoms with Crippen LogP contribution in [0.25, 0.3) is 0 Å². The van der Waals surface area contributed by atoms with Gasteiger partial charge in [-0.3, -0.25) is 4.79 Å². The summed E-state index contributed by atoms with van der Waals surface area (Å²) >= 11 is 0. The molecule has 0 aliphatic carbocycles. The van der Waals surface area contributed by atoms with Crippen LogP contribution < -0.4 is 5.73 Å². The van der Waals surface area contributed by atoms with E-state index >= 15 is 0 Å². The van der Waals surface area contributed by atoms with Crippen LogP contribution in [-0.2, 0) is 11.2 Å². The summed E-state index contributed by atoms with van der Waals surface area (Å²) in [6.07, 6.45) is 0.713. The molecule has 17 heavy (non-hydrogen) atoms. The summed E-state index contributed by atoms with van der Waals surface area (Å²) in [4.78, 5) is 11.6. The molecule has 1 unspecified atom stereocenters. The van der Waals surface area contributed by atoms with Crippen molar-refractivity contribution in [3.63, 3.8) is 0 Å². The average Bonchev–Trinajstić information content (AvgIpc) is 2.58. The zero-order valence-corrected chi connectivity index (χ0v) is 10.1. The molecule has 90 valence electrons. The van der Waals surface area contributed by atoms with E-state index in [1.807, 2.05) is 37.3 Å². The first-order chi connectivity index (χ1) is 8.09. The fraction of sp³-hybridized carbons (Fsp3) is 0.385. The number of amides is 1. The van der Waals surface area contributed by atoms with Crippen molar-refractivity contribution in [1.82, 2.24) is 5.01 Å². The second-order valence-corrected chi connectivity index (χ2v) is 4.40. The van der Waals surface area contributed by atoms with Crippen LogP contribution in [0.15, 0.2) is 35.4 Å². The second-order valence-electron chi connectivity index (χ2n) is 4.40. The second kappa shape index (κ2) is 4.67. The molecule has 0 saturated carbocycles. The molecule has 1 heterocycles. The normalized spacial score (nSPS) is 21.6. The summed E-state index contributed by atoms with van der Waals surface area (Å²) in [5.74, 6) is -0.178. The first kappa shape index (κ1) is 11.8. The summed E-state index contributed by atoms with van der Waals surface area (Å²) in [5, 5.41) is 5.60. The SMILES string of the molecule is CC1C(=O)N(C)N=C1[C@@H](N)Cc1ccccc1. The average molecular weight is 231 g/mol. The minimum Gasteiger partial charge on any atom is -0.323 e. The monoisotopic (exact) mass is 231 g/mol. The van der Waals surface area contributed by atoms with Crippen LogP contribution in [0.4, 0.5) is 0 Å². The molecule has 1 amide bonds. The molecule has 4 nitrogen and oxygen atoms in total. The van der Waals surface area contributed by atoms with Crippen LogP contribution in [0.2, 0.25) is 0 Å². The highest BCUT2D eigenvalue weighted by atomic mass is 16.2. The fourth-order valence-electron chi connectivity index (χ4n) is 2.08. The van der Waals surface area contributed by atoms with Gasteiger partial charge in [0.05, 0.1) is 11.6 Å². The topological polar surface area (TPSA) is 58.7 Å². The molecule has 0 aromatic heterocycles. The third-order valence-corrected chi connectivity index (χ3v) is 3.08. The zero-order valence-electron chi connectivity index (χ0n) is 10.1. The molecule has 0 spiro atoms. The molecule has 1 aromatic carbocycles. The number of benzene rings is 1. The molecule has 1 aliphatic rings. The van der Waals surface area contributed by atoms with E-state index in [0.29, 0.717) is 6.42 Å². The van der Waals surface area contributed by atoms with Crippen molar-refractivity contribution in [2.24, 2.45) is 16.8 Å². The number of carbonyl (C=O) groups excluding carboxylic acids is 1. The van der Waals surface area contributed by atoms with Gasteiger partial charge in [-0.2, -0.15) is 5.10 Å². The Bertz CT molecular complexity index is 441. The Morgan fingerprint density at radius 1 is 1.41 bits per heavy atom. The van der Waals surface area contributed by atoms with Gasteiger partial charge in [0.1, 0.15) is 0 Å². The van der Waals surface area contributed by atoms with E-state index < -0.39 is 0 Å². The van der Waals surface area contributed by atoms with Crippen molar-refractivity contribution in [1.29, 1.82) is 0 Å². The van der Waals surface area contributed by atoms with Crippen LogP contribution in [0.5, 0.6) is 0 Å². The number of hydrazone groups is 1. The summed E-state index contributed by atoms with van der Waals surface area (Å²) < 4.78 is 0. The Kier molecular flexibility index (Phi) is 3.24. The molecule has 0 bridgehead atoms. The summed E-state index contributed by atoms with van der Waals surface area (Å²) in [6.45, 7) is 1.86. The smallest absolute Gasteiger partial charge is 0.251 e. The van der Waals surface area contributed by atoms with Gasteiger partial charge in [0.25, 0.3) is 5.91 Å². The van der Waals surface area contributed by atoms with Crippen molar-refractivity contribution in [3.8, 4) is 0 Å². The van der Waals surface area contributed by atoms with Crippen molar-refractivity contribution in [2.75, 3.05) is 7.05 Å². The van der Waals surface area contributed by atoms with Gasteiger partial charge in [-0.25, -0.2) is 5.01 Å². The predicted molar refractivity (Wildman–Crippen MR) is 67.5 cm³/mol. The molecular formula is C13H17N3O. The van der Waals surface area contributed by atoms with Crippen molar-refractivity contribution < 1.29 is 4.79 Å². The van der Waals surface area contributed by atoms with Crippen LogP contribution in [0.3, 0.4) is 0 Å². The number of rotatable bonds is 3. The largest absolute Gasteiger partial charge is 0.323 e. The molecule has 0 radical (unpaired) electrons. The molecule has 2 rings (SSSR count). The maximum absolute atomic E-state index is 11.6. The number of nitrogens with two attached hydrogens (primary N) is 1. The van der Waals surface area contributed by atoms with Crippen molar-refractivity contribution >= 4 is 11.6 Å². The van der Waals surface area contributed by atoms with Gasteiger partial charge in [-0.05, 0) is 18.9 Å². The first-order valence-electron chi connectivity index (χ1n) is 5.75. The molecule has 1 aliphatic heterocycles. The van der Waals surface area contributed by atoms with Crippen molar-refractivity contribution in [3.05, 3.63) is 35.9 Å². The number of carbonyl (C=O) groups is 1. The van der Waals surface area contributed by atoms with E-state index in [4.69, 9.17) is 5.73 Å². The van der Waals surface area contributed by atoms with Gasteiger partial charge in [-0.1, -0.05) is 30.3 Å². The van der Waals surface area contributed by atoms with Gasteiger partial charge < -0.3 is 5.73 Å². The Labute approximate surface area is 101 Å². The lowest BCUT2D eigenvalue weighted by molar-refractivity contribution is -0.130. The highest BCUT2D eigenvalue weighted by molar-refractivity contribution is 6.09. The van der Waals surface area contributed by atoms with Gasteiger partial charge in [-0.15, -0.1) is 0 Å². The van der Waals surface area contributed by atoms with Crippen LogP contribution >= 0.6 is 0 Å². The maximum atomic E-state index is 11.6. The number of hydrogen-bond acceptors (Lipinski definition) is 3. The summed E-state index contributed by atoms with van der Waals surface area (Å²) in [5.41, 5.74) is 8.06. The minimum atomic E-state index is -0.196. The summed E-state index contributed by atoms with van der Waals surface area (Å²) in [6, 6.07) is 9.82. The van der Waals surface area contributed by atoms with E-state index in [2.05, 4.69) is 5.10 Å². The third-order valence-electron chi connectivity index (χ3n) is 3.08. The lowest BCUT2D eigenvalue weighted by Crippen LogP contribution is -2.36. The van der Waals surface area contributed by atoms with Gasteiger partial charge >= 0.3 is 0 Å². The summed E-state index contributed by atoms with van der Waals surface area (Å²) in [7, 11) is 1.67. The van der Waals surface area contributed by atoms with Gasteiger partial charge in [0.15, 0.2) is 0 Å². The highest BCUT2D eigenvalue weighted by Crippen LogP contribution is 2.17. The first-order valence-corrected chi connectivity index (χ1v) is 5.75. The van der Waals surface area contributed by atoms with E-state index in [1.165, 1.54) is 5.01 Å². The Morgan fingerprint density at radius 3 is 2.59 bits per heavy atom. The maximum Gasteiger partial charge on any atom is 0.251 e. The zero-order chi connectivity index (χ0) is 12.4. The third kappa shape index (κ3) is 2.36. The molecular weight excluding hydrogens is 214 g/mol. The van der Waals surface area contributed by atoms with Crippen LogP contribution in [0, 0.1) is 5.92 Å². The highest BCUT2D eigenvalue weighted by Gasteiger charge is 2.33. The predicted octanol–water partition coefficient (Wildman–Crippen LogP) is 1.02. The van der Waals surface area contributed by atoms with Gasteiger partial charge in [0, 0.05) is 13.1 Å². The molecule has 2 atom stereocenters. The fourth-order valence-corrected chi connectivity index (χ4v) is 2.08. The standard InChI is InChI=1S/C13H17N3O/c1-9-12(15-16(2)13(9)17)11(14)8-10-6-4-3-5-7-10/h3-7,9,11H,8,14H2,1-2H3/t9?,11-/m0/s1. The lowest BCUT2D eigenvalue weighted by atomic mass is 9.95. The minimum absolute atomic E-state index is 0.0171. The quantitative estimate of drug-likeness (QED) is 0.844. The Balaban J connectivity index is 2.09. The number of hydrogen-bond donors (Lipinski definition) is 1. The lowest BCUT2D eigenvalue weighted by Gasteiger charge is -2.13. The molecule has 1 aromatic rings. The Hall–Kier alpha value is -1.68. The molecule has 4 heteroatoms. The van der Waals surface area contributed by atoms with Crippen LogP contribution in [-0.4, -0.2) is 29.7 Å². The van der Waals surface area contributed by atoms with Crippen molar-refractivity contribution in [2.45, 2.75) is 19.4 Å². The molecule has 0 saturated heterocycles.